The van der Waals surface area contributed by atoms with Crippen molar-refractivity contribution < 1.29 is 18.8 Å². The quantitative estimate of drug-likeness (QED) is 0.733. The van der Waals surface area contributed by atoms with Gasteiger partial charge in [-0.05, 0) is 48.5 Å². The van der Waals surface area contributed by atoms with Gasteiger partial charge in [-0.25, -0.2) is 0 Å². The lowest BCUT2D eigenvalue weighted by atomic mass is 10.1. The van der Waals surface area contributed by atoms with Gasteiger partial charge in [0.15, 0.2) is 11.5 Å². The molecule has 2 amide bonds. The zero-order valence-corrected chi connectivity index (χ0v) is 14.3. The Kier molecular flexibility index (Phi) is 4.98. The summed E-state index contributed by atoms with van der Waals surface area (Å²) >= 11 is 0. The van der Waals surface area contributed by atoms with Crippen molar-refractivity contribution in [1.82, 2.24) is 5.16 Å². The molecule has 0 radical (unpaired) electrons. The van der Waals surface area contributed by atoms with Gasteiger partial charge in [-0.1, -0.05) is 5.16 Å². The first-order valence-electron chi connectivity index (χ1n) is 7.85. The topological polar surface area (TPSA) is 93.5 Å². The van der Waals surface area contributed by atoms with Crippen LogP contribution in [-0.2, 0) is 4.79 Å². The molecular formula is C19H17N3O4. The predicted molar refractivity (Wildman–Crippen MR) is 97.2 cm³/mol. The van der Waals surface area contributed by atoms with E-state index in [1.54, 1.807) is 49.6 Å². The summed E-state index contributed by atoms with van der Waals surface area (Å²) in [6.45, 7) is 1.43. The molecule has 0 aliphatic heterocycles. The molecular weight excluding hydrogens is 334 g/mol. The molecule has 1 aromatic heterocycles. The third-order valence-corrected chi connectivity index (χ3v) is 3.58. The maximum Gasteiger partial charge on any atom is 0.277 e. The van der Waals surface area contributed by atoms with Crippen LogP contribution in [0.5, 0.6) is 5.75 Å². The Bertz CT molecular complexity index is 915. The normalized spacial score (nSPS) is 10.2. The summed E-state index contributed by atoms with van der Waals surface area (Å²) < 4.78 is 10.4. The molecule has 7 heteroatoms. The zero-order chi connectivity index (χ0) is 18.5. The van der Waals surface area contributed by atoms with Crippen LogP contribution in [0, 0.1) is 0 Å². The molecule has 0 aliphatic rings. The molecule has 0 aliphatic carbocycles. The summed E-state index contributed by atoms with van der Waals surface area (Å²) in [5.41, 5.74) is 2.19. The van der Waals surface area contributed by atoms with Crippen LogP contribution in [0.2, 0.25) is 0 Å². The van der Waals surface area contributed by atoms with E-state index in [0.717, 1.165) is 11.3 Å². The van der Waals surface area contributed by atoms with E-state index in [1.807, 2.05) is 12.1 Å². The fraction of sp³-hybridized carbons (Fsp3) is 0.105. The van der Waals surface area contributed by atoms with Gasteiger partial charge < -0.3 is 19.9 Å². The highest BCUT2D eigenvalue weighted by atomic mass is 16.5. The number of ether oxygens (including phenoxy) is 1. The lowest BCUT2D eigenvalue weighted by molar-refractivity contribution is -0.114. The number of nitrogens with zero attached hydrogens (tertiary/aromatic N) is 1. The molecule has 3 rings (SSSR count). The molecule has 0 atom stereocenters. The van der Waals surface area contributed by atoms with Gasteiger partial charge in [0.2, 0.25) is 5.91 Å². The average molecular weight is 351 g/mol. The molecule has 2 N–H and O–H groups in total. The Hall–Kier alpha value is -3.61. The van der Waals surface area contributed by atoms with E-state index in [0.29, 0.717) is 17.1 Å². The smallest absolute Gasteiger partial charge is 0.277 e. The second-order valence-electron chi connectivity index (χ2n) is 5.52. The number of methoxy groups -OCH3 is 1. The van der Waals surface area contributed by atoms with Gasteiger partial charge in [0.1, 0.15) is 5.75 Å². The number of rotatable bonds is 5. The number of benzene rings is 2. The minimum atomic E-state index is -0.388. The molecule has 7 nitrogen and oxygen atoms in total. The van der Waals surface area contributed by atoms with Crippen LogP contribution in [0.25, 0.3) is 11.3 Å². The van der Waals surface area contributed by atoms with Gasteiger partial charge in [-0.15, -0.1) is 0 Å². The first-order valence-corrected chi connectivity index (χ1v) is 7.85. The summed E-state index contributed by atoms with van der Waals surface area (Å²) in [4.78, 5) is 23.3. The Balaban J connectivity index is 1.68. The number of aromatic nitrogens is 1. The molecule has 2 aromatic carbocycles. The van der Waals surface area contributed by atoms with E-state index in [2.05, 4.69) is 15.8 Å². The van der Waals surface area contributed by atoms with E-state index < -0.39 is 0 Å². The number of carbonyl (C=O) groups excluding carboxylic acids is 2. The fourth-order valence-electron chi connectivity index (χ4n) is 2.31. The highest BCUT2D eigenvalue weighted by molar-refractivity contribution is 6.03. The molecule has 0 unspecified atom stereocenters. The second kappa shape index (κ2) is 7.52. The van der Waals surface area contributed by atoms with Gasteiger partial charge in [-0.2, -0.15) is 0 Å². The fourth-order valence-corrected chi connectivity index (χ4v) is 2.31. The molecule has 3 aromatic rings. The molecule has 0 saturated carbocycles. The Morgan fingerprint density at radius 2 is 1.58 bits per heavy atom. The van der Waals surface area contributed by atoms with Crippen molar-refractivity contribution in [3.05, 3.63) is 60.3 Å². The third kappa shape index (κ3) is 4.07. The van der Waals surface area contributed by atoms with Crippen molar-refractivity contribution in [2.24, 2.45) is 0 Å². The van der Waals surface area contributed by atoms with Crippen molar-refractivity contribution in [3.63, 3.8) is 0 Å². The van der Waals surface area contributed by atoms with Crippen molar-refractivity contribution in [3.8, 4) is 17.1 Å². The van der Waals surface area contributed by atoms with Crippen LogP contribution >= 0.6 is 0 Å². The molecule has 132 valence electrons. The summed E-state index contributed by atoms with van der Waals surface area (Å²) in [5, 5.41) is 9.20. The van der Waals surface area contributed by atoms with Crippen LogP contribution in [0.1, 0.15) is 17.4 Å². The minimum Gasteiger partial charge on any atom is -0.497 e. The lowest BCUT2D eigenvalue weighted by Crippen LogP contribution is -2.12. The monoisotopic (exact) mass is 351 g/mol. The molecule has 0 bridgehead atoms. The van der Waals surface area contributed by atoms with Crippen molar-refractivity contribution in [2.45, 2.75) is 6.92 Å². The molecule has 1 heterocycles. The summed E-state index contributed by atoms with van der Waals surface area (Å²) in [6, 6.07) is 15.6. The average Bonchev–Trinajstić information content (AvgIpc) is 3.13. The number of amides is 2. The van der Waals surface area contributed by atoms with E-state index in [9.17, 15) is 9.59 Å². The Labute approximate surface area is 150 Å². The van der Waals surface area contributed by atoms with Gasteiger partial charge >= 0.3 is 0 Å². The SMILES string of the molecule is COc1ccc(-c2cc(C(=O)Nc3ccc(NC(C)=O)cc3)no2)cc1. The van der Waals surface area contributed by atoms with E-state index in [4.69, 9.17) is 9.26 Å². The first kappa shape index (κ1) is 17.2. The van der Waals surface area contributed by atoms with Crippen LogP contribution in [-0.4, -0.2) is 24.1 Å². The Morgan fingerprint density at radius 1 is 0.962 bits per heavy atom. The standard InChI is InChI=1S/C19H17N3O4/c1-12(23)20-14-5-7-15(8-6-14)21-19(24)17-11-18(26-22-17)13-3-9-16(25-2)10-4-13/h3-11H,1-2H3,(H,20,23)(H,21,24). The van der Waals surface area contributed by atoms with Crippen molar-refractivity contribution in [1.29, 1.82) is 0 Å². The minimum absolute atomic E-state index is 0.157. The maximum atomic E-state index is 12.3. The number of anilines is 2. The van der Waals surface area contributed by atoms with Gasteiger partial charge in [-0.3, -0.25) is 9.59 Å². The highest BCUT2D eigenvalue weighted by Crippen LogP contribution is 2.23. The van der Waals surface area contributed by atoms with Crippen molar-refractivity contribution in [2.75, 3.05) is 17.7 Å². The van der Waals surface area contributed by atoms with Gasteiger partial charge in [0.25, 0.3) is 5.91 Å². The van der Waals surface area contributed by atoms with Crippen LogP contribution in [0.15, 0.2) is 59.1 Å². The number of carbonyl (C=O) groups is 2. The number of hydrogen-bond donors (Lipinski definition) is 2. The van der Waals surface area contributed by atoms with E-state index >= 15 is 0 Å². The predicted octanol–water partition coefficient (Wildman–Crippen LogP) is 3.56. The van der Waals surface area contributed by atoms with E-state index in [1.165, 1.54) is 6.92 Å². The highest BCUT2D eigenvalue weighted by Gasteiger charge is 2.14. The molecule has 0 spiro atoms. The van der Waals surface area contributed by atoms with Crippen LogP contribution < -0.4 is 15.4 Å². The number of nitrogens with one attached hydrogen (secondary N) is 2. The van der Waals surface area contributed by atoms with E-state index in [-0.39, 0.29) is 17.5 Å². The maximum absolute atomic E-state index is 12.3. The van der Waals surface area contributed by atoms with Crippen LogP contribution in [0.4, 0.5) is 11.4 Å². The van der Waals surface area contributed by atoms with Crippen molar-refractivity contribution >= 4 is 23.2 Å². The lowest BCUT2D eigenvalue weighted by Gasteiger charge is -2.05. The third-order valence-electron chi connectivity index (χ3n) is 3.58. The summed E-state index contributed by atoms with van der Waals surface area (Å²) in [7, 11) is 1.59. The summed E-state index contributed by atoms with van der Waals surface area (Å²) in [6.07, 6.45) is 0. The number of hydrogen-bond acceptors (Lipinski definition) is 5. The first-order chi connectivity index (χ1) is 12.5. The van der Waals surface area contributed by atoms with Gasteiger partial charge in [0, 0.05) is 29.9 Å². The molecule has 0 fully saturated rings. The van der Waals surface area contributed by atoms with Crippen LogP contribution in [0.3, 0.4) is 0 Å². The molecule has 26 heavy (non-hydrogen) atoms. The largest absolute Gasteiger partial charge is 0.497 e. The molecule has 0 saturated heterocycles. The summed E-state index contributed by atoms with van der Waals surface area (Å²) in [5.74, 6) is 0.670. The Morgan fingerprint density at radius 3 is 2.15 bits per heavy atom. The van der Waals surface area contributed by atoms with Gasteiger partial charge in [0.05, 0.1) is 7.11 Å². The zero-order valence-electron chi connectivity index (χ0n) is 14.3. The second-order valence-corrected chi connectivity index (χ2v) is 5.52.